The summed E-state index contributed by atoms with van der Waals surface area (Å²) in [5, 5.41) is 7.89. The molecule has 5 heteroatoms. The van der Waals surface area contributed by atoms with E-state index in [0.717, 1.165) is 0 Å². The van der Waals surface area contributed by atoms with Gasteiger partial charge in [0.05, 0.1) is 0 Å². The maximum atomic E-state index is 12.1. The van der Waals surface area contributed by atoms with Crippen molar-refractivity contribution in [3.8, 4) is 0 Å². The summed E-state index contributed by atoms with van der Waals surface area (Å²) < 4.78 is 24.3. The lowest BCUT2D eigenvalue weighted by atomic mass is 9.97. The Bertz CT molecular complexity index is 154. The highest BCUT2D eigenvalue weighted by atomic mass is 32.1. The smallest absolute Gasteiger partial charge is 0.264 e. The van der Waals surface area contributed by atoms with Gasteiger partial charge >= 0.3 is 0 Å². The van der Waals surface area contributed by atoms with Crippen LogP contribution in [0.25, 0.3) is 0 Å². The van der Waals surface area contributed by atoms with Crippen LogP contribution in [0.15, 0.2) is 0 Å². The Balaban J connectivity index is 4.38. The van der Waals surface area contributed by atoms with Gasteiger partial charge in [0.2, 0.25) is 0 Å². The van der Waals surface area contributed by atoms with E-state index in [0.29, 0.717) is 6.42 Å². The lowest BCUT2D eigenvalue weighted by Crippen LogP contribution is -2.53. The van der Waals surface area contributed by atoms with Crippen molar-refractivity contribution in [3.05, 3.63) is 0 Å². The highest BCUT2D eigenvalue weighted by molar-refractivity contribution is 7.80. The highest BCUT2D eigenvalue weighted by Gasteiger charge is 2.39. The number of hydrogen-bond acceptors (Lipinski definition) is 2. The number of nitrogens with two attached hydrogens (primary N) is 1. The van der Waals surface area contributed by atoms with E-state index >= 15 is 0 Å². The Morgan fingerprint density at radius 3 is 2.27 bits per heavy atom. The summed E-state index contributed by atoms with van der Waals surface area (Å²) in [5.41, 5.74) is 3.16. The SMILES string of the molecule is CCCC(N)(C(O)=S)C(F)F. The Morgan fingerprint density at radius 1 is 1.73 bits per heavy atom. The average Bonchev–Trinajstić information content (AvgIpc) is 1.87. The molecule has 0 bridgehead atoms. The summed E-state index contributed by atoms with van der Waals surface area (Å²) >= 11 is 4.22. The van der Waals surface area contributed by atoms with Gasteiger partial charge in [-0.2, -0.15) is 0 Å². The number of halogens is 2. The van der Waals surface area contributed by atoms with Crippen molar-refractivity contribution < 1.29 is 13.9 Å². The molecule has 0 saturated carbocycles. The van der Waals surface area contributed by atoms with E-state index in [1.165, 1.54) is 0 Å². The molecule has 0 aliphatic carbocycles. The van der Waals surface area contributed by atoms with Crippen LogP contribution in [0.2, 0.25) is 0 Å². The molecule has 0 aromatic heterocycles. The minimum atomic E-state index is -2.81. The first-order chi connectivity index (χ1) is 4.95. The first-order valence-electron chi connectivity index (χ1n) is 3.25. The third-order valence-corrected chi connectivity index (χ3v) is 1.83. The number of hydrogen-bond donors (Lipinski definition) is 2. The van der Waals surface area contributed by atoms with Crippen LogP contribution in [0.4, 0.5) is 8.78 Å². The van der Waals surface area contributed by atoms with Gasteiger partial charge in [-0.1, -0.05) is 13.3 Å². The van der Waals surface area contributed by atoms with Crippen molar-refractivity contribution in [2.45, 2.75) is 31.7 Å². The third kappa shape index (κ3) is 2.34. The molecule has 0 radical (unpaired) electrons. The fourth-order valence-corrected chi connectivity index (χ4v) is 0.914. The molecule has 11 heavy (non-hydrogen) atoms. The van der Waals surface area contributed by atoms with Gasteiger partial charge in [-0.15, -0.1) is 0 Å². The second-order valence-corrected chi connectivity index (χ2v) is 2.78. The van der Waals surface area contributed by atoms with E-state index in [9.17, 15) is 8.78 Å². The number of alkyl halides is 2. The topological polar surface area (TPSA) is 46.2 Å². The molecule has 2 nitrogen and oxygen atoms in total. The molecule has 3 N–H and O–H groups in total. The van der Waals surface area contributed by atoms with Crippen molar-refractivity contribution in [1.82, 2.24) is 0 Å². The van der Waals surface area contributed by atoms with Crippen molar-refractivity contribution in [1.29, 1.82) is 0 Å². The molecule has 0 heterocycles. The van der Waals surface area contributed by atoms with Crippen molar-refractivity contribution in [3.63, 3.8) is 0 Å². The summed E-state index contributed by atoms with van der Waals surface area (Å²) in [4.78, 5) is 0. The standard InChI is InChI=1S/C6H11F2NOS/c1-2-3-6(9,4(7)8)5(10)11/h4H,2-3,9H2,1H3,(H,10,11). The molecule has 0 aromatic carbocycles. The summed E-state index contributed by atoms with van der Waals surface area (Å²) in [7, 11) is 0. The number of rotatable bonds is 4. The van der Waals surface area contributed by atoms with Crippen LogP contribution in [-0.2, 0) is 0 Å². The van der Waals surface area contributed by atoms with Crippen LogP contribution >= 0.6 is 12.2 Å². The van der Waals surface area contributed by atoms with Crippen molar-refractivity contribution in [2.75, 3.05) is 0 Å². The van der Waals surface area contributed by atoms with Gasteiger partial charge in [0.25, 0.3) is 6.43 Å². The summed E-state index contributed by atoms with van der Waals surface area (Å²) in [6.07, 6.45) is -2.35. The van der Waals surface area contributed by atoms with Crippen molar-refractivity contribution >= 4 is 17.3 Å². The lowest BCUT2D eigenvalue weighted by molar-refractivity contribution is 0.0774. The fraction of sp³-hybridized carbons (Fsp3) is 0.833. The second-order valence-electron chi connectivity index (χ2n) is 2.40. The quantitative estimate of drug-likeness (QED) is 0.651. The molecule has 0 aromatic rings. The van der Waals surface area contributed by atoms with Crippen LogP contribution in [0, 0.1) is 0 Å². The predicted molar refractivity (Wildman–Crippen MR) is 43.1 cm³/mol. The minimum Gasteiger partial charge on any atom is -0.500 e. The Labute approximate surface area is 69.4 Å². The third-order valence-electron chi connectivity index (χ3n) is 1.45. The van der Waals surface area contributed by atoms with Gasteiger partial charge in [-0.05, 0) is 18.6 Å². The number of aliphatic hydroxyl groups excluding tert-OH is 1. The fourth-order valence-electron chi connectivity index (χ4n) is 0.723. The van der Waals surface area contributed by atoms with Crippen molar-refractivity contribution in [2.24, 2.45) is 5.73 Å². The molecule has 1 atom stereocenters. The summed E-state index contributed by atoms with van der Waals surface area (Å²) in [6.45, 7) is 1.70. The largest absolute Gasteiger partial charge is 0.500 e. The van der Waals surface area contributed by atoms with Crippen LogP contribution in [0.5, 0.6) is 0 Å². The van der Waals surface area contributed by atoms with E-state index < -0.39 is 17.0 Å². The van der Waals surface area contributed by atoms with E-state index in [1.54, 1.807) is 6.92 Å². The Kier molecular flexibility index (Phi) is 3.82. The molecule has 0 rings (SSSR count). The lowest BCUT2D eigenvalue weighted by Gasteiger charge is -2.24. The second kappa shape index (κ2) is 3.92. The van der Waals surface area contributed by atoms with Gasteiger partial charge in [0, 0.05) is 0 Å². The minimum absolute atomic E-state index is 0. The maximum Gasteiger partial charge on any atom is 0.264 e. The molecule has 0 aliphatic rings. The molecule has 0 aliphatic heterocycles. The number of thiocarbonyl (C=S) groups is 1. The van der Waals surface area contributed by atoms with Gasteiger partial charge < -0.3 is 10.8 Å². The highest BCUT2D eigenvalue weighted by Crippen LogP contribution is 2.19. The average molecular weight is 183 g/mol. The zero-order valence-corrected chi connectivity index (χ0v) is 7.00. The van der Waals surface area contributed by atoms with Gasteiger partial charge in [-0.3, -0.25) is 0 Å². The first kappa shape index (κ1) is 10.7. The first-order valence-corrected chi connectivity index (χ1v) is 3.66. The molecule has 0 fully saturated rings. The zero-order chi connectivity index (χ0) is 9.07. The molecule has 0 saturated heterocycles. The summed E-state index contributed by atoms with van der Waals surface area (Å²) in [6, 6.07) is 0. The molecule has 0 amide bonds. The normalized spacial score (nSPS) is 16.5. The predicted octanol–water partition coefficient (Wildman–Crippen LogP) is 1.63. The van der Waals surface area contributed by atoms with Crippen LogP contribution in [0.1, 0.15) is 19.8 Å². The van der Waals surface area contributed by atoms with Crippen LogP contribution in [-0.4, -0.2) is 22.1 Å². The molecular weight excluding hydrogens is 172 g/mol. The van der Waals surface area contributed by atoms with Gasteiger partial charge in [-0.25, -0.2) is 8.78 Å². The van der Waals surface area contributed by atoms with Crippen LogP contribution < -0.4 is 5.73 Å². The molecule has 66 valence electrons. The zero-order valence-electron chi connectivity index (χ0n) is 6.18. The Hall–Kier alpha value is -0.290. The molecular formula is C6H11F2NOS. The monoisotopic (exact) mass is 183 g/mol. The summed E-state index contributed by atoms with van der Waals surface area (Å²) in [5.74, 6) is 0. The van der Waals surface area contributed by atoms with Gasteiger partial charge in [0.15, 0.2) is 5.05 Å². The van der Waals surface area contributed by atoms with Gasteiger partial charge in [0.1, 0.15) is 5.54 Å². The van der Waals surface area contributed by atoms with E-state index in [4.69, 9.17) is 10.8 Å². The molecule has 0 spiro atoms. The molecule has 1 unspecified atom stereocenters. The van der Waals surface area contributed by atoms with E-state index in [2.05, 4.69) is 12.2 Å². The van der Waals surface area contributed by atoms with Crippen LogP contribution in [0.3, 0.4) is 0 Å². The maximum absolute atomic E-state index is 12.1. The van der Waals surface area contributed by atoms with E-state index in [1.807, 2.05) is 0 Å². The number of aliphatic hydroxyl groups is 1. The Morgan fingerprint density at radius 2 is 2.18 bits per heavy atom. The van der Waals surface area contributed by atoms with E-state index in [-0.39, 0.29) is 6.42 Å².